The molecule has 0 fully saturated rings. The van der Waals surface area contributed by atoms with Crippen LogP contribution >= 0.6 is 0 Å². The molecule has 0 saturated heterocycles. The first-order valence-corrected chi connectivity index (χ1v) is 9.24. The third-order valence-electron chi connectivity index (χ3n) is 3.34. The predicted molar refractivity (Wildman–Crippen MR) is 91.7 cm³/mol. The molecule has 0 bridgehead atoms. The lowest BCUT2D eigenvalue weighted by atomic mass is 10.1. The van der Waals surface area contributed by atoms with Gasteiger partial charge in [-0.05, 0) is 37.1 Å². The smallest absolute Gasteiger partial charge is 0.320 e. The van der Waals surface area contributed by atoms with Gasteiger partial charge >= 0.3 is 5.97 Å². The summed E-state index contributed by atoms with van der Waals surface area (Å²) in [7, 11) is -3.49. The number of aliphatic carboxylic acids is 1. The van der Waals surface area contributed by atoms with Gasteiger partial charge in [-0.25, -0.2) is 8.42 Å². The summed E-state index contributed by atoms with van der Waals surface area (Å²) in [5.74, 6) is 4.70. The van der Waals surface area contributed by atoms with Crippen molar-refractivity contribution in [1.82, 2.24) is 5.32 Å². The predicted octanol–water partition coefficient (Wildman–Crippen LogP) is 1.56. The second kappa shape index (κ2) is 9.30. The van der Waals surface area contributed by atoms with Gasteiger partial charge in [-0.2, -0.15) is 0 Å². The number of carbonyl (C=O) groups is 1. The number of ether oxygens (including phenoxy) is 1. The van der Waals surface area contributed by atoms with E-state index in [0.717, 1.165) is 0 Å². The summed E-state index contributed by atoms with van der Waals surface area (Å²) in [6.45, 7) is 5.56. The second-order valence-electron chi connectivity index (χ2n) is 5.52. The molecule has 0 aliphatic rings. The fourth-order valence-electron chi connectivity index (χ4n) is 2.01. The molecule has 0 amide bonds. The fourth-order valence-corrected chi connectivity index (χ4v) is 3.18. The standard InChI is InChI=1S/C17H23NO5S/c1-4-5-11-23-14-6-8-15(9-7-14)24(21,22)12-10-18-16(13(2)3)17(19)20/h6-9,13,16,18H,10-12H2,1-3H3,(H,19,20). The van der Waals surface area contributed by atoms with Gasteiger partial charge in [-0.15, -0.1) is 5.92 Å². The zero-order valence-electron chi connectivity index (χ0n) is 14.1. The average molecular weight is 353 g/mol. The highest BCUT2D eigenvalue weighted by Crippen LogP contribution is 2.17. The van der Waals surface area contributed by atoms with Crippen molar-refractivity contribution >= 4 is 15.8 Å². The normalized spacial score (nSPS) is 12.3. The van der Waals surface area contributed by atoms with Crippen LogP contribution in [0.5, 0.6) is 5.75 Å². The molecule has 1 unspecified atom stereocenters. The molecule has 0 radical (unpaired) electrons. The van der Waals surface area contributed by atoms with Gasteiger partial charge in [0, 0.05) is 6.54 Å². The molecule has 1 atom stereocenters. The van der Waals surface area contributed by atoms with Crippen molar-refractivity contribution in [2.24, 2.45) is 5.92 Å². The lowest BCUT2D eigenvalue weighted by Crippen LogP contribution is -2.42. The molecule has 0 heterocycles. The highest BCUT2D eigenvalue weighted by molar-refractivity contribution is 7.91. The molecule has 0 saturated carbocycles. The summed E-state index contributed by atoms with van der Waals surface area (Å²) in [4.78, 5) is 11.3. The Balaban J connectivity index is 2.64. The highest BCUT2D eigenvalue weighted by atomic mass is 32.2. The van der Waals surface area contributed by atoms with E-state index in [9.17, 15) is 13.2 Å². The number of nitrogens with one attached hydrogen (secondary N) is 1. The van der Waals surface area contributed by atoms with E-state index >= 15 is 0 Å². The van der Waals surface area contributed by atoms with Crippen molar-refractivity contribution in [3.63, 3.8) is 0 Å². The first-order chi connectivity index (χ1) is 11.3. The van der Waals surface area contributed by atoms with Gasteiger partial charge in [0.2, 0.25) is 0 Å². The zero-order chi connectivity index (χ0) is 18.2. The van der Waals surface area contributed by atoms with Gasteiger partial charge in [0.05, 0.1) is 10.6 Å². The Morgan fingerprint density at radius 3 is 2.42 bits per heavy atom. The van der Waals surface area contributed by atoms with E-state index in [1.54, 1.807) is 32.9 Å². The number of sulfone groups is 1. The quantitative estimate of drug-likeness (QED) is 0.655. The van der Waals surface area contributed by atoms with Crippen LogP contribution in [0.15, 0.2) is 29.2 Å². The monoisotopic (exact) mass is 353 g/mol. The summed E-state index contributed by atoms with van der Waals surface area (Å²) in [6.07, 6.45) is 0. The number of carboxylic acids is 1. The Morgan fingerprint density at radius 1 is 1.29 bits per heavy atom. The van der Waals surface area contributed by atoms with Crippen LogP contribution in [0.1, 0.15) is 20.8 Å². The molecule has 7 heteroatoms. The maximum absolute atomic E-state index is 12.3. The lowest BCUT2D eigenvalue weighted by molar-refractivity contribution is -0.140. The van der Waals surface area contributed by atoms with E-state index < -0.39 is 21.8 Å². The third-order valence-corrected chi connectivity index (χ3v) is 5.07. The Hall–Kier alpha value is -2.04. The van der Waals surface area contributed by atoms with Gasteiger partial charge in [0.25, 0.3) is 0 Å². The summed E-state index contributed by atoms with van der Waals surface area (Å²) in [5.41, 5.74) is 0. The summed E-state index contributed by atoms with van der Waals surface area (Å²) < 4.78 is 29.9. The topological polar surface area (TPSA) is 92.7 Å². The molecule has 1 rings (SSSR count). The van der Waals surface area contributed by atoms with Crippen molar-refractivity contribution in [2.45, 2.75) is 31.7 Å². The van der Waals surface area contributed by atoms with Gasteiger partial charge in [0.1, 0.15) is 18.4 Å². The number of hydrogen-bond acceptors (Lipinski definition) is 5. The molecule has 0 aromatic heterocycles. The van der Waals surface area contributed by atoms with Crippen molar-refractivity contribution in [1.29, 1.82) is 0 Å². The Labute approximate surface area is 143 Å². The summed E-state index contributed by atoms with van der Waals surface area (Å²) in [5, 5.41) is 11.8. The number of benzene rings is 1. The van der Waals surface area contributed by atoms with Gasteiger partial charge in [0.15, 0.2) is 9.84 Å². The minimum atomic E-state index is -3.49. The van der Waals surface area contributed by atoms with Crippen LogP contribution in [0, 0.1) is 17.8 Å². The zero-order valence-corrected chi connectivity index (χ0v) is 14.9. The molecule has 6 nitrogen and oxygen atoms in total. The van der Waals surface area contributed by atoms with Gasteiger partial charge in [-0.1, -0.05) is 19.8 Å². The minimum absolute atomic E-state index is 0.0713. The Bertz CT molecular complexity index is 699. The van der Waals surface area contributed by atoms with Crippen LogP contribution in [-0.2, 0) is 14.6 Å². The van der Waals surface area contributed by atoms with Crippen LogP contribution in [0.3, 0.4) is 0 Å². The van der Waals surface area contributed by atoms with E-state index in [4.69, 9.17) is 9.84 Å². The SMILES string of the molecule is CC#CCOc1ccc(S(=O)(=O)CCNC(C(=O)O)C(C)C)cc1. The summed E-state index contributed by atoms with van der Waals surface area (Å²) >= 11 is 0. The maximum Gasteiger partial charge on any atom is 0.320 e. The van der Waals surface area contributed by atoms with Crippen molar-refractivity contribution in [2.75, 3.05) is 18.9 Å². The van der Waals surface area contributed by atoms with Crippen LogP contribution in [0.25, 0.3) is 0 Å². The van der Waals surface area contributed by atoms with Crippen LogP contribution in [-0.4, -0.2) is 44.4 Å². The van der Waals surface area contributed by atoms with Gasteiger partial charge < -0.3 is 15.2 Å². The number of hydrogen-bond donors (Lipinski definition) is 2. The molecule has 1 aromatic carbocycles. The second-order valence-corrected chi connectivity index (χ2v) is 7.63. The van der Waals surface area contributed by atoms with E-state index in [0.29, 0.717) is 5.75 Å². The number of rotatable bonds is 9. The van der Waals surface area contributed by atoms with Gasteiger partial charge in [-0.3, -0.25) is 4.79 Å². The Kier molecular flexibility index (Phi) is 7.75. The molecule has 24 heavy (non-hydrogen) atoms. The lowest BCUT2D eigenvalue weighted by Gasteiger charge is -2.17. The first kappa shape index (κ1) is 20.0. The third kappa shape index (κ3) is 6.22. The fraction of sp³-hybridized carbons (Fsp3) is 0.471. The number of carboxylic acid groups (broad SMARTS) is 1. The molecular weight excluding hydrogens is 330 g/mol. The van der Waals surface area contributed by atoms with Crippen molar-refractivity contribution < 1.29 is 23.1 Å². The highest BCUT2D eigenvalue weighted by Gasteiger charge is 2.22. The molecular formula is C17H23NO5S. The Morgan fingerprint density at radius 2 is 1.92 bits per heavy atom. The van der Waals surface area contributed by atoms with E-state index in [1.165, 1.54) is 12.1 Å². The van der Waals surface area contributed by atoms with Crippen LogP contribution in [0.2, 0.25) is 0 Å². The van der Waals surface area contributed by atoms with E-state index in [2.05, 4.69) is 17.2 Å². The molecule has 0 spiro atoms. The molecule has 0 aliphatic heterocycles. The molecule has 132 valence electrons. The van der Waals surface area contributed by atoms with Crippen LogP contribution < -0.4 is 10.1 Å². The van der Waals surface area contributed by atoms with E-state index in [1.807, 2.05) is 0 Å². The molecule has 1 aromatic rings. The maximum atomic E-state index is 12.3. The summed E-state index contributed by atoms with van der Waals surface area (Å²) in [6, 6.07) is 5.33. The van der Waals surface area contributed by atoms with Crippen molar-refractivity contribution in [3.05, 3.63) is 24.3 Å². The average Bonchev–Trinajstić information content (AvgIpc) is 2.51. The first-order valence-electron chi connectivity index (χ1n) is 7.59. The van der Waals surface area contributed by atoms with E-state index in [-0.39, 0.29) is 29.7 Å². The largest absolute Gasteiger partial charge is 0.481 e. The molecule has 0 aliphatic carbocycles. The van der Waals surface area contributed by atoms with Crippen molar-refractivity contribution in [3.8, 4) is 17.6 Å². The minimum Gasteiger partial charge on any atom is -0.481 e. The van der Waals surface area contributed by atoms with Crippen LogP contribution in [0.4, 0.5) is 0 Å². The molecule has 2 N–H and O–H groups in total.